The van der Waals surface area contributed by atoms with Crippen LogP contribution in [0.3, 0.4) is 0 Å². The molecule has 1 heterocycles. The Labute approximate surface area is 107 Å². The molecule has 0 bridgehead atoms. The molecule has 1 aliphatic rings. The predicted octanol–water partition coefficient (Wildman–Crippen LogP) is 0.966. The van der Waals surface area contributed by atoms with Gasteiger partial charge in [-0.2, -0.15) is 5.10 Å². The molecule has 0 spiro atoms. The van der Waals surface area contributed by atoms with Gasteiger partial charge in [0.15, 0.2) is 0 Å². The van der Waals surface area contributed by atoms with Gasteiger partial charge in [-0.15, -0.1) is 0 Å². The van der Waals surface area contributed by atoms with E-state index in [1.807, 2.05) is 19.9 Å². The van der Waals surface area contributed by atoms with Crippen LogP contribution in [0, 0.1) is 5.92 Å². The van der Waals surface area contributed by atoms with Gasteiger partial charge in [-0.05, 0) is 38.2 Å². The molecule has 100 valence electrons. The van der Waals surface area contributed by atoms with Gasteiger partial charge in [0.05, 0.1) is 11.8 Å². The zero-order valence-corrected chi connectivity index (χ0v) is 11.0. The number of carbonyl (C=O) groups excluding carboxylic acids is 1. The Hall–Kier alpha value is -1.36. The minimum atomic E-state index is -0.167. The fourth-order valence-electron chi connectivity index (χ4n) is 2.26. The summed E-state index contributed by atoms with van der Waals surface area (Å²) < 4.78 is 1.74. The van der Waals surface area contributed by atoms with E-state index in [0.29, 0.717) is 24.7 Å². The Balaban J connectivity index is 1.93. The highest BCUT2D eigenvalue weighted by Crippen LogP contribution is 2.26. The molecular weight excluding hydrogens is 230 g/mol. The molecule has 0 saturated heterocycles. The first-order valence-electron chi connectivity index (χ1n) is 6.67. The second-order valence-corrected chi connectivity index (χ2v) is 4.89. The molecule has 1 aliphatic carbocycles. The topological polar surface area (TPSA) is 67.2 Å². The van der Waals surface area contributed by atoms with Gasteiger partial charge in [-0.1, -0.05) is 6.92 Å². The number of aliphatic hydroxyl groups excluding tert-OH is 1. The van der Waals surface area contributed by atoms with Crippen LogP contribution in [0.4, 0.5) is 0 Å². The maximum absolute atomic E-state index is 12.0. The molecule has 2 rings (SSSR count). The van der Waals surface area contributed by atoms with Crippen LogP contribution >= 0.6 is 0 Å². The van der Waals surface area contributed by atoms with E-state index in [1.165, 1.54) is 0 Å². The van der Waals surface area contributed by atoms with Crippen molar-refractivity contribution in [3.05, 3.63) is 17.5 Å². The molecule has 0 aliphatic heterocycles. The summed E-state index contributed by atoms with van der Waals surface area (Å²) >= 11 is 0. The van der Waals surface area contributed by atoms with Crippen LogP contribution in [0.15, 0.2) is 6.07 Å². The van der Waals surface area contributed by atoms with Gasteiger partial charge >= 0.3 is 0 Å². The van der Waals surface area contributed by atoms with E-state index < -0.39 is 0 Å². The van der Waals surface area contributed by atoms with Crippen LogP contribution in [0.25, 0.3) is 0 Å². The molecule has 1 aromatic heterocycles. The first-order valence-corrected chi connectivity index (χ1v) is 6.67. The van der Waals surface area contributed by atoms with Crippen molar-refractivity contribution in [1.29, 1.82) is 0 Å². The van der Waals surface area contributed by atoms with Crippen molar-refractivity contribution in [2.24, 2.45) is 5.92 Å². The Bertz CT molecular complexity index is 422. The molecule has 1 saturated carbocycles. The highest BCUT2D eigenvalue weighted by atomic mass is 16.3. The van der Waals surface area contributed by atoms with Gasteiger partial charge in [0.25, 0.3) is 5.91 Å². The van der Waals surface area contributed by atoms with E-state index in [2.05, 4.69) is 10.4 Å². The van der Waals surface area contributed by atoms with E-state index in [4.69, 9.17) is 0 Å². The Kier molecular flexibility index (Phi) is 4.01. The van der Waals surface area contributed by atoms with Crippen molar-refractivity contribution in [2.75, 3.05) is 6.54 Å². The summed E-state index contributed by atoms with van der Waals surface area (Å²) in [6, 6.07) is 1.86. The van der Waals surface area contributed by atoms with Crippen molar-refractivity contribution < 1.29 is 9.90 Å². The van der Waals surface area contributed by atoms with Gasteiger partial charge in [-0.25, -0.2) is 0 Å². The maximum atomic E-state index is 12.0. The molecule has 2 N–H and O–H groups in total. The van der Waals surface area contributed by atoms with Gasteiger partial charge < -0.3 is 10.4 Å². The summed E-state index contributed by atoms with van der Waals surface area (Å²) in [4.78, 5) is 12.0. The normalized spacial score (nSPS) is 22.6. The monoisotopic (exact) mass is 251 g/mol. The second kappa shape index (κ2) is 5.52. The Morgan fingerprint density at radius 1 is 1.56 bits per heavy atom. The number of rotatable bonds is 5. The molecule has 0 aromatic carbocycles. The number of aliphatic hydroxyl groups is 1. The first kappa shape index (κ1) is 13.1. The van der Waals surface area contributed by atoms with E-state index >= 15 is 0 Å². The van der Waals surface area contributed by atoms with Crippen LogP contribution < -0.4 is 5.32 Å². The summed E-state index contributed by atoms with van der Waals surface area (Å²) in [7, 11) is 0. The molecular formula is C13H21N3O2. The van der Waals surface area contributed by atoms with E-state index in [1.54, 1.807) is 4.68 Å². The zero-order chi connectivity index (χ0) is 13.1. The van der Waals surface area contributed by atoms with Crippen molar-refractivity contribution in [1.82, 2.24) is 15.1 Å². The first-order chi connectivity index (χ1) is 8.63. The average Bonchev–Trinajstić information content (AvgIpc) is 2.76. The number of aryl methyl sites for hydroxylation is 2. The van der Waals surface area contributed by atoms with E-state index in [-0.39, 0.29) is 12.0 Å². The highest BCUT2D eigenvalue weighted by Gasteiger charge is 2.27. The Morgan fingerprint density at radius 2 is 2.28 bits per heavy atom. The molecule has 1 aromatic rings. The summed E-state index contributed by atoms with van der Waals surface area (Å²) in [5, 5.41) is 16.5. The molecule has 5 heteroatoms. The smallest absolute Gasteiger partial charge is 0.269 e. The third-order valence-electron chi connectivity index (χ3n) is 3.49. The summed E-state index contributed by atoms with van der Waals surface area (Å²) in [5.74, 6) is 0.359. The number of nitrogens with one attached hydrogen (secondary N) is 1. The molecule has 1 fully saturated rings. The van der Waals surface area contributed by atoms with Gasteiger partial charge in [0, 0.05) is 13.1 Å². The van der Waals surface area contributed by atoms with Crippen molar-refractivity contribution >= 4 is 5.91 Å². The van der Waals surface area contributed by atoms with Crippen LogP contribution in [-0.4, -0.2) is 33.4 Å². The minimum absolute atomic E-state index is 0.0644. The number of amides is 1. The summed E-state index contributed by atoms with van der Waals surface area (Å²) in [5.41, 5.74) is 1.58. The van der Waals surface area contributed by atoms with Crippen molar-refractivity contribution in [3.63, 3.8) is 0 Å². The van der Waals surface area contributed by atoms with E-state index in [0.717, 1.165) is 25.0 Å². The molecule has 5 nitrogen and oxygen atoms in total. The zero-order valence-electron chi connectivity index (χ0n) is 11.0. The lowest BCUT2D eigenvalue weighted by molar-refractivity contribution is 0.0419. The number of hydrogen-bond acceptors (Lipinski definition) is 3. The van der Waals surface area contributed by atoms with Crippen LogP contribution in [0.1, 0.15) is 42.9 Å². The lowest BCUT2D eigenvalue weighted by atomic mass is 9.82. The number of nitrogens with zero attached hydrogens (tertiary/aromatic N) is 2. The van der Waals surface area contributed by atoms with Gasteiger partial charge in [0.2, 0.25) is 0 Å². The highest BCUT2D eigenvalue weighted by molar-refractivity contribution is 5.92. The Morgan fingerprint density at radius 3 is 2.83 bits per heavy atom. The summed E-state index contributed by atoms with van der Waals surface area (Å²) in [6.07, 6.45) is 2.27. The number of hydrogen-bond donors (Lipinski definition) is 2. The van der Waals surface area contributed by atoms with Crippen molar-refractivity contribution in [2.45, 2.75) is 45.8 Å². The molecule has 0 unspecified atom stereocenters. The largest absolute Gasteiger partial charge is 0.393 e. The third kappa shape index (κ3) is 2.72. The van der Waals surface area contributed by atoms with E-state index in [9.17, 15) is 9.90 Å². The van der Waals surface area contributed by atoms with Crippen LogP contribution in [-0.2, 0) is 13.0 Å². The molecule has 18 heavy (non-hydrogen) atoms. The predicted molar refractivity (Wildman–Crippen MR) is 68.3 cm³/mol. The third-order valence-corrected chi connectivity index (χ3v) is 3.49. The molecule has 0 atom stereocenters. The average molecular weight is 251 g/mol. The fourth-order valence-corrected chi connectivity index (χ4v) is 2.26. The number of carbonyl (C=O) groups is 1. The lowest BCUT2D eigenvalue weighted by Crippen LogP contribution is -2.38. The van der Waals surface area contributed by atoms with Gasteiger partial charge in [-0.3, -0.25) is 9.48 Å². The standard InChI is InChI=1S/C13H21N3O2/c1-3-10-7-12(16(4-2)15-10)13(18)14-8-9-5-11(17)6-9/h7,9,11,17H,3-6,8H2,1-2H3,(H,14,18). The second-order valence-electron chi connectivity index (χ2n) is 4.89. The fraction of sp³-hybridized carbons (Fsp3) is 0.692. The lowest BCUT2D eigenvalue weighted by Gasteiger charge is -2.31. The van der Waals surface area contributed by atoms with Crippen molar-refractivity contribution in [3.8, 4) is 0 Å². The van der Waals surface area contributed by atoms with Crippen LogP contribution in [0.2, 0.25) is 0 Å². The number of aromatic nitrogens is 2. The minimum Gasteiger partial charge on any atom is -0.393 e. The molecule has 1 amide bonds. The molecule has 0 radical (unpaired) electrons. The van der Waals surface area contributed by atoms with Crippen LogP contribution in [0.5, 0.6) is 0 Å². The maximum Gasteiger partial charge on any atom is 0.269 e. The van der Waals surface area contributed by atoms with Gasteiger partial charge in [0.1, 0.15) is 5.69 Å². The SMILES string of the molecule is CCc1cc(C(=O)NCC2CC(O)C2)n(CC)n1. The summed E-state index contributed by atoms with van der Waals surface area (Å²) in [6.45, 7) is 5.35. The quantitative estimate of drug-likeness (QED) is 0.819.